The molecule has 0 aliphatic carbocycles. The average Bonchev–Trinajstić information content (AvgIpc) is 2.00. The molecule has 2 heteroatoms. The summed E-state index contributed by atoms with van der Waals surface area (Å²) in [5, 5.41) is 8.03. The monoisotopic (exact) mass is 170 g/mol. The molecule has 0 saturated heterocycles. The van der Waals surface area contributed by atoms with Crippen molar-refractivity contribution in [2.45, 2.75) is 33.6 Å². The topological polar surface area (TPSA) is 29.5 Å². The lowest BCUT2D eigenvalue weighted by Crippen LogP contribution is -1.88. The number of hydrogen-bond donors (Lipinski definition) is 1. The highest BCUT2D eigenvalue weighted by atomic mass is 17.1. The van der Waals surface area contributed by atoms with Gasteiger partial charge in [0.15, 0.2) is 0 Å². The van der Waals surface area contributed by atoms with Gasteiger partial charge in [0.05, 0.1) is 0 Å². The molecule has 0 aliphatic heterocycles. The maximum Gasteiger partial charge on any atom is 0.125 e. The molecule has 0 bridgehead atoms. The highest BCUT2D eigenvalue weighted by molar-refractivity contribution is 4.93. The summed E-state index contributed by atoms with van der Waals surface area (Å²) in [7, 11) is 0. The Morgan fingerprint density at radius 2 is 2.17 bits per heavy atom. The first-order chi connectivity index (χ1) is 5.66. The van der Waals surface area contributed by atoms with Gasteiger partial charge in [-0.3, -0.25) is 0 Å². The van der Waals surface area contributed by atoms with E-state index in [9.17, 15) is 0 Å². The van der Waals surface area contributed by atoms with Crippen molar-refractivity contribution in [2.75, 3.05) is 0 Å². The van der Waals surface area contributed by atoms with Crippen LogP contribution in [0.5, 0.6) is 0 Å². The van der Waals surface area contributed by atoms with E-state index in [4.69, 9.17) is 5.26 Å². The molecule has 2 nitrogen and oxygen atoms in total. The zero-order valence-corrected chi connectivity index (χ0v) is 8.08. The van der Waals surface area contributed by atoms with Crippen molar-refractivity contribution in [2.24, 2.45) is 5.92 Å². The van der Waals surface area contributed by atoms with E-state index < -0.39 is 0 Å². The normalized spacial score (nSPS) is 13.0. The fraction of sp³-hybridized carbons (Fsp3) is 0.600. The molecule has 0 radical (unpaired) electrons. The quantitative estimate of drug-likeness (QED) is 0.296. The number of hydrogen-bond acceptors (Lipinski definition) is 2. The molecule has 1 atom stereocenters. The predicted molar refractivity (Wildman–Crippen MR) is 50.7 cm³/mol. The van der Waals surface area contributed by atoms with Crippen molar-refractivity contribution in [1.29, 1.82) is 0 Å². The predicted octanol–water partition coefficient (Wildman–Crippen LogP) is 3.37. The van der Waals surface area contributed by atoms with Crippen LogP contribution in [0.25, 0.3) is 0 Å². The Hall–Kier alpha value is -0.760. The van der Waals surface area contributed by atoms with Crippen LogP contribution >= 0.6 is 0 Å². The Kier molecular flexibility index (Phi) is 6.48. The Balaban J connectivity index is 3.50. The molecule has 0 fully saturated rings. The summed E-state index contributed by atoms with van der Waals surface area (Å²) in [4.78, 5) is 3.84. The third-order valence-corrected chi connectivity index (χ3v) is 1.64. The van der Waals surface area contributed by atoms with Gasteiger partial charge in [0.25, 0.3) is 0 Å². The van der Waals surface area contributed by atoms with Crippen LogP contribution in [0.2, 0.25) is 0 Å². The van der Waals surface area contributed by atoms with Crippen LogP contribution in [-0.2, 0) is 4.89 Å². The molecule has 0 aromatic heterocycles. The van der Waals surface area contributed by atoms with Gasteiger partial charge < -0.3 is 4.89 Å². The van der Waals surface area contributed by atoms with E-state index in [1.807, 2.05) is 6.08 Å². The van der Waals surface area contributed by atoms with Crippen molar-refractivity contribution in [1.82, 2.24) is 0 Å². The van der Waals surface area contributed by atoms with Gasteiger partial charge in [-0.1, -0.05) is 18.6 Å². The molecule has 0 rings (SSSR count). The average molecular weight is 170 g/mol. The van der Waals surface area contributed by atoms with Crippen LogP contribution in [-0.4, -0.2) is 5.26 Å². The van der Waals surface area contributed by atoms with Crippen LogP contribution in [0, 0.1) is 5.92 Å². The lowest BCUT2D eigenvalue weighted by atomic mass is 10.1. The third kappa shape index (κ3) is 7.35. The van der Waals surface area contributed by atoms with Crippen LogP contribution < -0.4 is 0 Å². The minimum Gasteiger partial charge on any atom is -0.349 e. The molecule has 0 spiro atoms. The van der Waals surface area contributed by atoms with E-state index >= 15 is 0 Å². The van der Waals surface area contributed by atoms with Gasteiger partial charge in [-0.05, 0) is 38.7 Å². The van der Waals surface area contributed by atoms with Gasteiger partial charge in [0.1, 0.15) is 6.26 Å². The lowest BCUT2D eigenvalue weighted by molar-refractivity contribution is -0.187. The van der Waals surface area contributed by atoms with E-state index in [1.165, 1.54) is 11.8 Å². The smallest absolute Gasteiger partial charge is 0.125 e. The number of allylic oxidation sites excluding steroid dienone is 3. The minimum absolute atomic E-state index is 0.452. The first-order valence-electron chi connectivity index (χ1n) is 4.27. The van der Waals surface area contributed by atoms with Gasteiger partial charge in [0, 0.05) is 0 Å². The second kappa shape index (κ2) is 6.92. The van der Waals surface area contributed by atoms with Crippen molar-refractivity contribution < 1.29 is 10.1 Å². The van der Waals surface area contributed by atoms with Gasteiger partial charge in [0.2, 0.25) is 0 Å². The van der Waals surface area contributed by atoms with Crippen LogP contribution in [0.3, 0.4) is 0 Å². The van der Waals surface area contributed by atoms with Crippen molar-refractivity contribution in [3.63, 3.8) is 0 Å². The zero-order valence-electron chi connectivity index (χ0n) is 8.08. The van der Waals surface area contributed by atoms with E-state index in [2.05, 4.69) is 31.7 Å². The van der Waals surface area contributed by atoms with Crippen molar-refractivity contribution in [3.8, 4) is 0 Å². The van der Waals surface area contributed by atoms with Crippen molar-refractivity contribution in [3.05, 3.63) is 24.0 Å². The summed E-state index contributed by atoms with van der Waals surface area (Å²) < 4.78 is 0. The number of rotatable bonds is 5. The summed E-state index contributed by atoms with van der Waals surface area (Å²) in [6.45, 7) is 6.28. The van der Waals surface area contributed by atoms with Gasteiger partial charge in [-0.15, -0.1) is 0 Å². The molecular formula is C10H18O2. The van der Waals surface area contributed by atoms with Crippen LogP contribution in [0.4, 0.5) is 0 Å². The van der Waals surface area contributed by atoms with Gasteiger partial charge in [-0.25, -0.2) is 5.26 Å². The van der Waals surface area contributed by atoms with Crippen molar-refractivity contribution >= 4 is 0 Å². The van der Waals surface area contributed by atoms with Gasteiger partial charge >= 0.3 is 0 Å². The molecule has 0 aliphatic rings. The van der Waals surface area contributed by atoms with E-state index in [0.717, 1.165) is 12.8 Å². The Bertz CT molecular complexity index is 155. The van der Waals surface area contributed by atoms with Crippen LogP contribution in [0.1, 0.15) is 33.6 Å². The standard InChI is InChI=1S/C10H18O2/c1-9(2)5-4-6-10(3)7-8-12-11/h5,7-8,10-11H,4,6H2,1-3H3/b8-7+. The van der Waals surface area contributed by atoms with Gasteiger partial charge in [-0.2, -0.15) is 0 Å². The van der Waals surface area contributed by atoms with E-state index in [1.54, 1.807) is 0 Å². The second-order valence-electron chi connectivity index (χ2n) is 3.27. The summed E-state index contributed by atoms with van der Waals surface area (Å²) in [5.74, 6) is 0.452. The van der Waals surface area contributed by atoms with Crippen LogP contribution in [0.15, 0.2) is 24.0 Å². The Morgan fingerprint density at radius 3 is 2.67 bits per heavy atom. The fourth-order valence-electron chi connectivity index (χ4n) is 0.900. The molecule has 0 saturated carbocycles. The molecule has 70 valence electrons. The summed E-state index contributed by atoms with van der Waals surface area (Å²) in [6.07, 6.45) is 7.54. The maximum absolute atomic E-state index is 8.03. The molecule has 0 heterocycles. The minimum atomic E-state index is 0.452. The second-order valence-corrected chi connectivity index (χ2v) is 3.27. The first kappa shape index (κ1) is 11.2. The maximum atomic E-state index is 8.03. The third-order valence-electron chi connectivity index (χ3n) is 1.64. The Labute approximate surface area is 74.5 Å². The molecule has 0 aromatic carbocycles. The molecule has 1 unspecified atom stereocenters. The summed E-state index contributed by atoms with van der Waals surface area (Å²) in [5.41, 5.74) is 1.35. The Morgan fingerprint density at radius 1 is 1.50 bits per heavy atom. The fourth-order valence-corrected chi connectivity index (χ4v) is 0.900. The highest BCUT2D eigenvalue weighted by Gasteiger charge is 1.94. The molecule has 1 N–H and O–H groups in total. The molecular weight excluding hydrogens is 152 g/mol. The summed E-state index contributed by atoms with van der Waals surface area (Å²) >= 11 is 0. The largest absolute Gasteiger partial charge is 0.349 e. The summed E-state index contributed by atoms with van der Waals surface area (Å²) in [6, 6.07) is 0. The zero-order chi connectivity index (χ0) is 9.40. The highest BCUT2D eigenvalue weighted by Crippen LogP contribution is 2.08. The SMILES string of the molecule is CC(C)=CCCC(C)/C=C/OO. The van der Waals surface area contributed by atoms with E-state index in [0.29, 0.717) is 5.92 Å². The molecule has 12 heavy (non-hydrogen) atoms. The van der Waals surface area contributed by atoms with E-state index in [-0.39, 0.29) is 0 Å². The first-order valence-corrected chi connectivity index (χ1v) is 4.27. The molecule has 0 aromatic rings. The lowest BCUT2D eigenvalue weighted by Gasteiger charge is -2.02. The molecule has 0 amide bonds.